The van der Waals surface area contributed by atoms with Gasteiger partial charge in [-0.1, -0.05) is 18.2 Å². The van der Waals surface area contributed by atoms with Crippen LogP contribution in [0.3, 0.4) is 0 Å². The molecule has 2 aliphatic rings. The zero-order valence-corrected chi connectivity index (χ0v) is 16.8. The number of carbonyl (C=O) groups is 3. The van der Waals surface area contributed by atoms with Crippen molar-refractivity contribution in [1.82, 2.24) is 0 Å². The second-order valence-corrected chi connectivity index (χ2v) is 7.31. The summed E-state index contributed by atoms with van der Waals surface area (Å²) in [4.78, 5) is 44.1. The summed E-state index contributed by atoms with van der Waals surface area (Å²) in [6, 6.07) is 13.9. The fourth-order valence-corrected chi connectivity index (χ4v) is 3.92. The number of aliphatic imine (C=N–C) groups is 1. The van der Waals surface area contributed by atoms with E-state index in [9.17, 15) is 14.4 Å². The molecule has 2 amide bonds. The number of esters is 1. The van der Waals surface area contributed by atoms with Gasteiger partial charge in [0.15, 0.2) is 0 Å². The maximum absolute atomic E-state index is 13.2. The lowest BCUT2D eigenvalue weighted by atomic mass is 10.1. The minimum Gasteiger partial charge on any atom is -0.462 e. The summed E-state index contributed by atoms with van der Waals surface area (Å²) < 4.78 is 5.00. The lowest BCUT2D eigenvalue weighted by Crippen LogP contribution is -2.41. The molecule has 7 heteroatoms. The van der Waals surface area contributed by atoms with Crippen LogP contribution in [0, 0.1) is 5.92 Å². The van der Waals surface area contributed by atoms with Crippen LogP contribution in [0.5, 0.6) is 0 Å². The van der Waals surface area contributed by atoms with E-state index in [1.807, 2.05) is 24.3 Å². The van der Waals surface area contributed by atoms with E-state index in [0.717, 1.165) is 25.0 Å². The lowest BCUT2D eigenvalue weighted by molar-refractivity contribution is -0.122. The van der Waals surface area contributed by atoms with E-state index in [-0.39, 0.29) is 30.9 Å². The number of fused-ring (bicyclic) bond motifs is 2. The number of amides is 2. The van der Waals surface area contributed by atoms with Crippen molar-refractivity contribution in [2.75, 3.05) is 23.4 Å². The minimum absolute atomic E-state index is 0.0911. The maximum atomic E-state index is 13.2. The van der Waals surface area contributed by atoms with Crippen molar-refractivity contribution < 1.29 is 19.1 Å². The van der Waals surface area contributed by atoms with Crippen molar-refractivity contribution in [1.29, 1.82) is 0 Å². The van der Waals surface area contributed by atoms with E-state index in [2.05, 4.69) is 5.32 Å². The third-order valence-corrected chi connectivity index (χ3v) is 5.29. The van der Waals surface area contributed by atoms with E-state index >= 15 is 0 Å². The van der Waals surface area contributed by atoms with Gasteiger partial charge in [0.25, 0.3) is 0 Å². The number of anilines is 2. The molecule has 0 aromatic heterocycles. The first-order valence-electron chi connectivity index (χ1n) is 10.1. The Bertz CT molecular complexity index is 1030. The summed E-state index contributed by atoms with van der Waals surface area (Å²) >= 11 is 0. The monoisotopic (exact) mass is 405 g/mol. The first-order chi connectivity index (χ1) is 14.6. The van der Waals surface area contributed by atoms with Gasteiger partial charge in [0.05, 0.1) is 29.5 Å². The number of ether oxygens (including phenoxy) is 1. The molecular formula is C23H23N3O4. The number of rotatable bonds is 5. The van der Waals surface area contributed by atoms with Gasteiger partial charge in [0.1, 0.15) is 6.54 Å². The van der Waals surface area contributed by atoms with Gasteiger partial charge in [-0.3, -0.25) is 14.6 Å². The van der Waals surface area contributed by atoms with E-state index in [0.29, 0.717) is 22.6 Å². The van der Waals surface area contributed by atoms with Gasteiger partial charge in [-0.25, -0.2) is 4.79 Å². The number of carbonyl (C=O) groups excluding carboxylic acids is 3. The van der Waals surface area contributed by atoms with Crippen LogP contribution in [-0.4, -0.2) is 36.6 Å². The van der Waals surface area contributed by atoms with Crippen molar-refractivity contribution in [2.45, 2.75) is 26.2 Å². The molecule has 4 rings (SSSR count). The molecule has 1 aliphatic carbocycles. The highest BCUT2D eigenvalue weighted by molar-refractivity contribution is 6.16. The Balaban J connectivity index is 1.54. The Kier molecular flexibility index (Phi) is 5.61. The second-order valence-electron chi connectivity index (χ2n) is 7.31. The topological polar surface area (TPSA) is 88.1 Å². The van der Waals surface area contributed by atoms with Crippen LogP contribution in [0.1, 0.15) is 36.5 Å². The Morgan fingerprint density at radius 1 is 1.20 bits per heavy atom. The number of benzene rings is 2. The van der Waals surface area contributed by atoms with Crippen molar-refractivity contribution >= 4 is 40.6 Å². The number of para-hydroxylation sites is 2. The first kappa shape index (κ1) is 19.8. The van der Waals surface area contributed by atoms with Gasteiger partial charge < -0.3 is 15.0 Å². The average molecular weight is 405 g/mol. The Morgan fingerprint density at radius 2 is 2.03 bits per heavy atom. The summed E-state index contributed by atoms with van der Waals surface area (Å²) in [6.07, 6.45) is 2.49. The number of hydrogen-bond donors (Lipinski definition) is 1. The first-order valence-corrected chi connectivity index (χ1v) is 10.1. The van der Waals surface area contributed by atoms with Crippen LogP contribution in [0.2, 0.25) is 0 Å². The van der Waals surface area contributed by atoms with Crippen molar-refractivity contribution in [2.24, 2.45) is 10.9 Å². The highest BCUT2D eigenvalue weighted by atomic mass is 16.5. The standard InChI is InChI=1S/C23H23N3O4/c1-2-30-23(29)15-7-5-8-16(13-15)24-21(27)14-26-20-12-4-3-10-19(20)25-18-11-6-9-17(18)22(26)28/h3-5,7-8,10,12-13,17H,2,6,9,11,14H2,1H3,(H,24,27). The fraction of sp³-hybridized carbons (Fsp3) is 0.304. The van der Waals surface area contributed by atoms with Crippen LogP contribution in [0.25, 0.3) is 0 Å². The van der Waals surface area contributed by atoms with Gasteiger partial charge in [0, 0.05) is 11.4 Å². The third-order valence-electron chi connectivity index (χ3n) is 5.29. The van der Waals surface area contributed by atoms with Crippen LogP contribution in [0.15, 0.2) is 53.5 Å². The SMILES string of the molecule is CCOC(=O)c1cccc(NC(=O)CN2C(=O)C3CCCC3=Nc3ccccc32)c1. The smallest absolute Gasteiger partial charge is 0.338 e. The maximum Gasteiger partial charge on any atom is 0.338 e. The van der Waals surface area contributed by atoms with Gasteiger partial charge in [0.2, 0.25) is 11.8 Å². The highest BCUT2D eigenvalue weighted by Gasteiger charge is 2.37. The summed E-state index contributed by atoms with van der Waals surface area (Å²) in [7, 11) is 0. The van der Waals surface area contributed by atoms with Crippen LogP contribution in [0.4, 0.5) is 17.1 Å². The molecule has 2 aromatic rings. The van der Waals surface area contributed by atoms with Crippen LogP contribution < -0.4 is 10.2 Å². The number of hydrogen-bond acceptors (Lipinski definition) is 5. The Labute approximate surface area is 174 Å². The summed E-state index contributed by atoms with van der Waals surface area (Å²) in [5.74, 6) is -1.15. The van der Waals surface area contributed by atoms with Crippen molar-refractivity contribution in [3.63, 3.8) is 0 Å². The van der Waals surface area contributed by atoms with Gasteiger partial charge in [-0.05, 0) is 56.5 Å². The molecule has 1 fully saturated rings. The van der Waals surface area contributed by atoms with E-state index < -0.39 is 5.97 Å². The van der Waals surface area contributed by atoms with Crippen molar-refractivity contribution in [3.8, 4) is 0 Å². The Morgan fingerprint density at radius 3 is 2.87 bits per heavy atom. The van der Waals surface area contributed by atoms with E-state index in [1.54, 1.807) is 31.2 Å². The normalized spacial score (nSPS) is 17.5. The average Bonchev–Trinajstić information content (AvgIpc) is 3.17. The van der Waals surface area contributed by atoms with Gasteiger partial charge in [-0.15, -0.1) is 0 Å². The zero-order valence-electron chi connectivity index (χ0n) is 16.8. The molecule has 0 radical (unpaired) electrons. The number of nitrogens with zero attached hydrogens (tertiary/aromatic N) is 2. The quantitative estimate of drug-likeness (QED) is 0.768. The fourth-order valence-electron chi connectivity index (χ4n) is 3.92. The molecular weight excluding hydrogens is 382 g/mol. The lowest BCUT2D eigenvalue weighted by Gasteiger charge is -2.24. The van der Waals surface area contributed by atoms with E-state index in [4.69, 9.17) is 9.73 Å². The molecule has 1 heterocycles. The second kappa shape index (κ2) is 8.49. The third kappa shape index (κ3) is 3.96. The summed E-state index contributed by atoms with van der Waals surface area (Å²) in [6.45, 7) is 1.88. The van der Waals surface area contributed by atoms with Crippen molar-refractivity contribution in [3.05, 3.63) is 54.1 Å². The molecule has 0 bridgehead atoms. The van der Waals surface area contributed by atoms with Crippen LogP contribution >= 0.6 is 0 Å². The predicted octanol–water partition coefficient (Wildman–Crippen LogP) is 3.72. The largest absolute Gasteiger partial charge is 0.462 e. The molecule has 30 heavy (non-hydrogen) atoms. The summed E-state index contributed by atoms with van der Waals surface area (Å²) in [5.41, 5.74) is 3.08. The Hall–Kier alpha value is -3.48. The molecule has 1 N–H and O–H groups in total. The summed E-state index contributed by atoms with van der Waals surface area (Å²) in [5, 5.41) is 2.78. The van der Waals surface area contributed by atoms with Crippen LogP contribution in [-0.2, 0) is 14.3 Å². The minimum atomic E-state index is -0.448. The zero-order chi connectivity index (χ0) is 21.1. The molecule has 1 saturated carbocycles. The molecule has 154 valence electrons. The van der Waals surface area contributed by atoms with Gasteiger partial charge in [-0.2, -0.15) is 0 Å². The molecule has 1 atom stereocenters. The molecule has 1 aliphatic heterocycles. The van der Waals surface area contributed by atoms with E-state index in [1.165, 1.54) is 4.90 Å². The molecule has 7 nitrogen and oxygen atoms in total. The van der Waals surface area contributed by atoms with Gasteiger partial charge >= 0.3 is 5.97 Å². The molecule has 2 aromatic carbocycles. The molecule has 0 saturated heterocycles. The molecule has 0 spiro atoms. The highest BCUT2D eigenvalue weighted by Crippen LogP contribution is 2.37. The predicted molar refractivity (Wildman–Crippen MR) is 114 cm³/mol. The molecule has 1 unspecified atom stereocenters. The number of nitrogens with one attached hydrogen (secondary N) is 1.